The van der Waals surface area contributed by atoms with Crippen molar-refractivity contribution in [3.63, 3.8) is 0 Å². The minimum Gasteiger partial charge on any atom is -0.342 e. The molecule has 5 unspecified atom stereocenters. The third-order valence-electron chi connectivity index (χ3n) is 5.95. The molecule has 2 aliphatic carbocycles. The number of amides is 1. The summed E-state index contributed by atoms with van der Waals surface area (Å²) >= 11 is 0. The highest BCUT2D eigenvalue weighted by molar-refractivity contribution is 5.79. The molecular formula is C16H25F3N2O. The monoisotopic (exact) mass is 318 g/mol. The van der Waals surface area contributed by atoms with E-state index in [2.05, 4.69) is 0 Å². The first kappa shape index (κ1) is 16.1. The van der Waals surface area contributed by atoms with Crippen LogP contribution in [0.15, 0.2) is 0 Å². The number of fused-ring (bicyclic) bond motifs is 1. The Morgan fingerprint density at radius 3 is 2.45 bits per heavy atom. The summed E-state index contributed by atoms with van der Waals surface area (Å²) in [5, 5.41) is 0. The van der Waals surface area contributed by atoms with Crippen molar-refractivity contribution in [2.75, 3.05) is 13.1 Å². The molecule has 126 valence electrons. The third kappa shape index (κ3) is 3.12. The van der Waals surface area contributed by atoms with E-state index in [9.17, 15) is 18.0 Å². The lowest BCUT2D eigenvalue weighted by atomic mass is 9.78. The highest BCUT2D eigenvalue weighted by atomic mass is 19.4. The zero-order valence-corrected chi connectivity index (χ0v) is 12.8. The number of alkyl halides is 3. The molecule has 1 aliphatic heterocycles. The Morgan fingerprint density at radius 2 is 1.77 bits per heavy atom. The average molecular weight is 318 g/mol. The van der Waals surface area contributed by atoms with Gasteiger partial charge in [0, 0.05) is 25.0 Å². The van der Waals surface area contributed by atoms with Crippen LogP contribution >= 0.6 is 0 Å². The highest BCUT2D eigenvalue weighted by Gasteiger charge is 2.46. The largest absolute Gasteiger partial charge is 0.391 e. The molecule has 1 heterocycles. The van der Waals surface area contributed by atoms with Gasteiger partial charge in [-0.25, -0.2) is 0 Å². The molecule has 6 heteroatoms. The van der Waals surface area contributed by atoms with Crippen LogP contribution in [0, 0.1) is 23.7 Å². The van der Waals surface area contributed by atoms with Crippen LogP contribution in [0.5, 0.6) is 0 Å². The normalized spacial score (nSPS) is 39.6. The molecule has 5 atom stereocenters. The number of rotatable bonds is 1. The van der Waals surface area contributed by atoms with Crippen molar-refractivity contribution in [1.29, 1.82) is 0 Å². The van der Waals surface area contributed by atoms with E-state index in [-0.39, 0.29) is 24.8 Å². The highest BCUT2D eigenvalue weighted by Crippen LogP contribution is 2.42. The van der Waals surface area contributed by atoms with Crippen LogP contribution in [0.25, 0.3) is 0 Å². The average Bonchev–Trinajstić information content (AvgIpc) is 2.91. The number of hydrogen-bond acceptors (Lipinski definition) is 2. The Hall–Kier alpha value is -0.780. The molecule has 2 N–H and O–H groups in total. The molecule has 3 nitrogen and oxygen atoms in total. The first-order valence-corrected chi connectivity index (χ1v) is 8.47. The predicted molar refractivity (Wildman–Crippen MR) is 76.9 cm³/mol. The van der Waals surface area contributed by atoms with Gasteiger partial charge in [-0.1, -0.05) is 12.8 Å². The number of carbonyl (C=O) groups excluding carboxylic acids is 1. The zero-order valence-electron chi connectivity index (χ0n) is 12.8. The van der Waals surface area contributed by atoms with Crippen molar-refractivity contribution in [3.8, 4) is 0 Å². The zero-order chi connectivity index (χ0) is 15.9. The molecule has 0 bridgehead atoms. The number of hydrogen-bond donors (Lipinski definition) is 1. The Morgan fingerprint density at radius 1 is 1.05 bits per heavy atom. The SMILES string of the molecule is NC1CCCC2CN(C(=O)C3CCCC(C(F)(F)F)C3)CC12. The van der Waals surface area contributed by atoms with Crippen LogP contribution in [0.4, 0.5) is 13.2 Å². The minimum atomic E-state index is -4.17. The molecule has 22 heavy (non-hydrogen) atoms. The van der Waals surface area contributed by atoms with E-state index >= 15 is 0 Å². The van der Waals surface area contributed by atoms with Crippen LogP contribution in [-0.2, 0) is 4.79 Å². The number of halogens is 3. The molecule has 3 rings (SSSR count). The quantitative estimate of drug-likeness (QED) is 0.808. The molecule has 1 amide bonds. The second-order valence-corrected chi connectivity index (χ2v) is 7.36. The maximum Gasteiger partial charge on any atom is 0.391 e. The molecular weight excluding hydrogens is 293 g/mol. The fourth-order valence-electron chi connectivity index (χ4n) is 4.67. The van der Waals surface area contributed by atoms with Gasteiger partial charge < -0.3 is 10.6 Å². The van der Waals surface area contributed by atoms with Gasteiger partial charge in [0.05, 0.1) is 5.92 Å². The summed E-state index contributed by atoms with van der Waals surface area (Å²) in [6, 6.07) is 0.144. The lowest BCUT2D eigenvalue weighted by Crippen LogP contribution is -2.40. The third-order valence-corrected chi connectivity index (χ3v) is 5.95. The molecule has 0 aromatic heterocycles. The van der Waals surface area contributed by atoms with Gasteiger partial charge in [-0.15, -0.1) is 0 Å². The Balaban J connectivity index is 1.62. The molecule has 0 radical (unpaired) electrons. The Kier molecular flexibility index (Phi) is 4.40. The van der Waals surface area contributed by atoms with E-state index in [1.165, 1.54) is 0 Å². The minimum absolute atomic E-state index is 0.0276. The van der Waals surface area contributed by atoms with Crippen molar-refractivity contribution in [3.05, 3.63) is 0 Å². The molecule has 1 saturated heterocycles. The topological polar surface area (TPSA) is 46.3 Å². The van der Waals surface area contributed by atoms with Crippen LogP contribution < -0.4 is 5.73 Å². The van der Waals surface area contributed by atoms with Gasteiger partial charge in [0.1, 0.15) is 0 Å². The van der Waals surface area contributed by atoms with Crippen LogP contribution in [0.1, 0.15) is 44.9 Å². The van der Waals surface area contributed by atoms with Crippen LogP contribution in [0.2, 0.25) is 0 Å². The molecule has 0 aromatic rings. The molecule has 0 spiro atoms. The van der Waals surface area contributed by atoms with Gasteiger partial charge in [0.25, 0.3) is 0 Å². The van der Waals surface area contributed by atoms with Gasteiger partial charge in [-0.05, 0) is 43.9 Å². The van der Waals surface area contributed by atoms with Crippen molar-refractivity contribution < 1.29 is 18.0 Å². The van der Waals surface area contributed by atoms with Gasteiger partial charge in [-0.2, -0.15) is 13.2 Å². The van der Waals surface area contributed by atoms with E-state index in [1.54, 1.807) is 0 Å². The summed E-state index contributed by atoms with van der Waals surface area (Å²) < 4.78 is 38.7. The number of carbonyl (C=O) groups is 1. The molecule has 3 fully saturated rings. The summed E-state index contributed by atoms with van der Waals surface area (Å²) in [7, 11) is 0. The molecule has 2 saturated carbocycles. The van der Waals surface area contributed by atoms with Crippen molar-refractivity contribution in [2.24, 2.45) is 29.4 Å². The summed E-state index contributed by atoms with van der Waals surface area (Å²) in [4.78, 5) is 14.5. The second kappa shape index (κ2) is 6.02. The summed E-state index contributed by atoms with van der Waals surface area (Å²) in [6.07, 6.45) is 0.277. The van der Waals surface area contributed by atoms with Gasteiger partial charge in [0.15, 0.2) is 0 Å². The maximum atomic E-state index is 12.9. The molecule has 0 aromatic carbocycles. The fraction of sp³-hybridized carbons (Fsp3) is 0.938. The first-order valence-electron chi connectivity index (χ1n) is 8.47. The smallest absolute Gasteiger partial charge is 0.342 e. The maximum absolute atomic E-state index is 12.9. The van der Waals surface area contributed by atoms with E-state index < -0.39 is 18.0 Å². The fourth-order valence-corrected chi connectivity index (χ4v) is 4.67. The lowest BCUT2D eigenvalue weighted by molar-refractivity contribution is -0.187. The van der Waals surface area contributed by atoms with Crippen molar-refractivity contribution in [1.82, 2.24) is 4.90 Å². The van der Waals surface area contributed by atoms with Crippen LogP contribution in [-0.4, -0.2) is 36.1 Å². The van der Waals surface area contributed by atoms with Gasteiger partial charge in [0.2, 0.25) is 5.91 Å². The van der Waals surface area contributed by atoms with E-state index in [0.29, 0.717) is 37.8 Å². The standard InChI is InChI=1S/C16H25F3N2O/c17-16(18,19)12-5-1-3-10(7-12)15(22)21-8-11-4-2-6-14(20)13(11)9-21/h10-14H,1-9,20H2. The summed E-state index contributed by atoms with van der Waals surface area (Å²) in [5.74, 6) is -1.01. The summed E-state index contributed by atoms with van der Waals surface area (Å²) in [6.45, 7) is 1.35. The van der Waals surface area contributed by atoms with Crippen molar-refractivity contribution in [2.45, 2.75) is 57.2 Å². The summed E-state index contributed by atoms with van der Waals surface area (Å²) in [5.41, 5.74) is 6.15. The Bertz CT molecular complexity index is 422. The van der Waals surface area contributed by atoms with Gasteiger partial charge >= 0.3 is 6.18 Å². The first-order chi connectivity index (χ1) is 10.4. The van der Waals surface area contributed by atoms with E-state index in [4.69, 9.17) is 5.73 Å². The lowest BCUT2D eigenvalue weighted by Gasteiger charge is -2.32. The van der Waals surface area contributed by atoms with Gasteiger partial charge in [-0.3, -0.25) is 4.79 Å². The van der Waals surface area contributed by atoms with Crippen LogP contribution in [0.3, 0.4) is 0 Å². The molecule has 3 aliphatic rings. The number of nitrogens with two attached hydrogens (primary N) is 1. The van der Waals surface area contributed by atoms with Crippen molar-refractivity contribution >= 4 is 5.91 Å². The predicted octanol–water partition coefficient (Wildman–Crippen LogP) is 2.94. The van der Waals surface area contributed by atoms with E-state index in [0.717, 1.165) is 19.3 Å². The number of likely N-dealkylation sites (tertiary alicyclic amines) is 1. The Labute approximate surface area is 129 Å². The number of nitrogens with zero attached hydrogens (tertiary/aromatic N) is 1. The van der Waals surface area contributed by atoms with E-state index in [1.807, 2.05) is 4.90 Å². The second-order valence-electron chi connectivity index (χ2n) is 7.36.